The summed E-state index contributed by atoms with van der Waals surface area (Å²) in [5.41, 5.74) is 1.95. The molecule has 1 atom stereocenters. The molecular weight excluding hydrogens is 433 g/mol. The largest absolute Gasteiger partial charge is 0.495 e. The summed E-state index contributed by atoms with van der Waals surface area (Å²) in [7, 11) is 1.52. The lowest BCUT2D eigenvalue weighted by Gasteiger charge is -2.17. The summed E-state index contributed by atoms with van der Waals surface area (Å²) in [5, 5.41) is 8.67. The van der Waals surface area contributed by atoms with Crippen molar-refractivity contribution in [2.45, 2.75) is 19.9 Å². The number of hydrogen-bond acceptors (Lipinski definition) is 4. The minimum Gasteiger partial charge on any atom is -0.495 e. The maximum Gasteiger partial charge on any atom is 0.246 e. The second-order valence-electron chi connectivity index (χ2n) is 5.46. The summed E-state index contributed by atoms with van der Waals surface area (Å²) in [6, 6.07) is 12.4. The number of nitrogens with one attached hydrogen (secondary N) is 3. The van der Waals surface area contributed by atoms with Gasteiger partial charge in [0.15, 0.2) is 0 Å². The Morgan fingerprint density at radius 1 is 1.08 bits per heavy atom. The van der Waals surface area contributed by atoms with E-state index < -0.39 is 6.04 Å². The Balaban J connectivity index is 2.11. The molecule has 0 saturated carbocycles. The van der Waals surface area contributed by atoms with E-state index in [9.17, 15) is 9.59 Å². The molecule has 0 heterocycles. The smallest absolute Gasteiger partial charge is 0.246 e. The molecule has 0 aromatic heterocycles. The number of ether oxygens (including phenoxy) is 1. The van der Waals surface area contributed by atoms with Crippen molar-refractivity contribution in [3.63, 3.8) is 0 Å². The van der Waals surface area contributed by atoms with Crippen molar-refractivity contribution in [1.29, 1.82) is 0 Å². The highest BCUT2D eigenvalue weighted by Crippen LogP contribution is 2.28. The zero-order valence-electron chi connectivity index (χ0n) is 14.2. The molecule has 0 saturated heterocycles. The molecule has 0 fully saturated rings. The molecule has 2 amide bonds. The van der Waals surface area contributed by atoms with Gasteiger partial charge in [-0.2, -0.15) is 0 Å². The van der Waals surface area contributed by atoms with Gasteiger partial charge in [0.25, 0.3) is 0 Å². The monoisotopic (exact) mass is 453 g/mol. The first-order chi connectivity index (χ1) is 11.9. The van der Waals surface area contributed by atoms with Crippen LogP contribution in [0.15, 0.2) is 42.5 Å². The van der Waals surface area contributed by atoms with E-state index >= 15 is 0 Å². The van der Waals surface area contributed by atoms with Gasteiger partial charge in [0.05, 0.1) is 12.8 Å². The van der Waals surface area contributed by atoms with E-state index in [1.165, 1.54) is 14.0 Å². The molecule has 2 rings (SSSR count). The van der Waals surface area contributed by atoms with E-state index in [0.717, 1.165) is 9.26 Å². The van der Waals surface area contributed by atoms with Crippen molar-refractivity contribution in [1.82, 2.24) is 0 Å². The number of carbonyl (C=O) groups excluding carboxylic acids is 2. The zero-order chi connectivity index (χ0) is 18.4. The lowest BCUT2D eigenvalue weighted by atomic mass is 10.2. The van der Waals surface area contributed by atoms with E-state index in [-0.39, 0.29) is 11.8 Å². The molecule has 6 nitrogen and oxygen atoms in total. The van der Waals surface area contributed by atoms with Gasteiger partial charge in [0, 0.05) is 21.9 Å². The fourth-order valence-corrected chi connectivity index (χ4v) is 2.76. The fourth-order valence-electron chi connectivity index (χ4n) is 2.22. The highest BCUT2D eigenvalue weighted by Gasteiger charge is 2.15. The van der Waals surface area contributed by atoms with E-state index in [1.807, 2.05) is 24.3 Å². The fraction of sp³-hybridized carbons (Fsp3) is 0.222. The molecular formula is C18H20IN3O3. The van der Waals surface area contributed by atoms with Crippen LogP contribution in [0.1, 0.15) is 13.8 Å². The molecule has 0 bridgehead atoms. The van der Waals surface area contributed by atoms with E-state index in [4.69, 9.17) is 4.74 Å². The normalized spacial score (nSPS) is 11.4. The van der Waals surface area contributed by atoms with Crippen molar-refractivity contribution >= 4 is 51.5 Å². The molecule has 132 valence electrons. The quantitative estimate of drug-likeness (QED) is 0.583. The van der Waals surface area contributed by atoms with Gasteiger partial charge in [-0.05, 0) is 65.9 Å². The third-order valence-corrected chi connectivity index (χ3v) is 4.05. The molecule has 0 aliphatic carbocycles. The summed E-state index contributed by atoms with van der Waals surface area (Å²) in [6.07, 6.45) is 0. The van der Waals surface area contributed by atoms with Gasteiger partial charge in [-0.3, -0.25) is 9.59 Å². The van der Waals surface area contributed by atoms with E-state index in [0.29, 0.717) is 17.1 Å². The molecule has 2 aromatic carbocycles. The third-order valence-electron chi connectivity index (χ3n) is 3.38. The van der Waals surface area contributed by atoms with Crippen LogP contribution < -0.4 is 20.7 Å². The molecule has 0 radical (unpaired) electrons. The maximum atomic E-state index is 12.5. The van der Waals surface area contributed by atoms with Crippen molar-refractivity contribution in [3.05, 3.63) is 46.0 Å². The predicted molar refractivity (Wildman–Crippen MR) is 108 cm³/mol. The average Bonchev–Trinajstić information content (AvgIpc) is 2.54. The summed E-state index contributed by atoms with van der Waals surface area (Å²) >= 11 is 2.22. The van der Waals surface area contributed by atoms with E-state index in [1.54, 1.807) is 25.1 Å². The van der Waals surface area contributed by atoms with Gasteiger partial charge < -0.3 is 20.7 Å². The second-order valence-corrected chi connectivity index (χ2v) is 6.71. The number of methoxy groups -OCH3 is 1. The van der Waals surface area contributed by atoms with Crippen molar-refractivity contribution in [2.75, 3.05) is 23.1 Å². The van der Waals surface area contributed by atoms with Crippen LogP contribution in [0.2, 0.25) is 0 Å². The van der Waals surface area contributed by atoms with Crippen LogP contribution in [0, 0.1) is 3.57 Å². The molecule has 0 spiro atoms. The van der Waals surface area contributed by atoms with Gasteiger partial charge in [-0.1, -0.05) is 6.07 Å². The first kappa shape index (κ1) is 19.0. The van der Waals surface area contributed by atoms with Gasteiger partial charge >= 0.3 is 0 Å². The SMILES string of the molecule is COc1ccc(NC(C)=O)cc1NC(=O)C(C)Nc1cccc(I)c1. The minimum atomic E-state index is -0.452. The van der Waals surface area contributed by atoms with Gasteiger partial charge in [0.2, 0.25) is 11.8 Å². The van der Waals surface area contributed by atoms with Gasteiger partial charge in [-0.15, -0.1) is 0 Å². The standard InChI is InChI=1S/C18H20IN3O3/c1-11(20-14-6-4-5-13(19)9-14)18(24)22-16-10-15(21-12(2)23)7-8-17(16)25-3/h4-11,20H,1-3H3,(H,21,23)(H,22,24). The van der Waals surface area contributed by atoms with Crippen molar-refractivity contribution < 1.29 is 14.3 Å². The van der Waals surface area contributed by atoms with Crippen molar-refractivity contribution in [2.24, 2.45) is 0 Å². The first-order valence-electron chi connectivity index (χ1n) is 7.67. The van der Waals surface area contributed by atoms with Crippen LogP contribution in [-0.4, -0.2) is 25.0 Å². The summed E-state index contributed by atoms with van der Waals surface area (Å²) in [6.45, 7) is 3.20. The van der Waals surface area contributed by atoms with Crippen LogP contribution in [0.4, 0.5) is 17.1 Å². The number of amides is 2. The molecule has 0 aliphatic rings. The van der Waals surface area contributed by atoms with Gasteiger partial charge in [0.1, 0.15) is 11.8 Å². The predicted octanol–water partition coefficient (Wildman–Crippen LogP) is 3.70. The number of hydrogen-bond donors (Lipinski definition) is 3. The molecule has 3 N–H and O–H groups in total. The molecule has 25 heavy (non-hydrogen) atoms. The number of halogens is 1. The summed E-state index contributed by atoms with van der Waals surface area (Å²) in [4.78, 5) is 23.7. The Hall–Kier alpha value is -2.29. The summed E-state index contributed by atoms with van der Waals surface area (Å²) < 4.78 is 6.35. The highest BCUT2D eigenvalue weighted by atomic mass is 127. The average molecular weight is 453 g/mol. The maximum absolute atomic E-state index is 12.5. The highest BCUT2D eigenvalue weighted by molar-refractivity contribution is 14.1. The molecule has 2 aromatic rings. The van der Waals surface area contributed by atoms with Crippen LogP contribution in [-0.2, 0) is 9.59 Å². The molecule has 7 heteroatoms. The van der Waals surface area contributed by atoms with Crippen LogP contribution in [0.3, 0.4) is 0 Å². The Morgan fingerprint density at radius 2 is 1.84 bits per heavy atom. The Bertz CT molecular complexity index is 780. The van der Waals surface area contributed by atoms with Crippen LogP contribution in [0.5, 0.6) is 5.75 Å². The third kappa shape index (κ3) is 5.63. The molecule has 1 unspecified atom stereocenters. The second kappa shape index (κ2) is 8.70. The molecule has 0 aliphatic heterocycles. The minimum absolute atomic E-state index is 0.184. The summed E-state index contributed by atoms with van der Waals surface area (Å²) in [5.74, 6) is 0.122. The Kier molecular flexibility index (Phi) is 6.63. The zero-order valence-corrected chi connectivity index (χ0v) is 16.4. The lowest BCUT2D eigenvalue weighted by Crippen LogP contribution is -2.32. The number of anilines is 3. The Labute approximate surface area is 160 Å². The Morgan fingerprint density at radius 3 is 2.48 bits per heavy atom. The van der Waals surface area contributed by atoms with Crippen LogP contribution in [0.25, 0.3) is 0 Å². The number of benzene rings is 2. The van der Waals surface area contributed by atoms with Crippen LogP contribution >= 0.6 is 22.6 Å². The lowest BCUT2D eigenvalue weighted by molar-refractivity contribution is -0.116. The van der Waals surface area contributed by atoms with E-state index in [2.05, 4.69) is 38.5 Å². The number of rotatable bonds is 6. The van der Waals surface area contributed by atoms with Crippen molar-refractivity contribution in [3.8, 4) is 5.75 Å². The topological polar surface area (TPSA) is 79.5 Å². The first-order valence-corrected chi connectivity index (χ1v) is 8.75. The van der Waals surface area contributed by atoms with Gasteiger partial charge in [-0.25, -0.2) is 0 Å². The number of carbonyl (C=O) groups is 2.